The lowest BCUT2D eigenvalue weighted by atomic mass is 9.85. The molecule has 0 spiro atoms. The molecule has 5 N–H and O–H groups in total. The Labute approximate surface area is 238 Å². The number of likely N-dealkylation sites (tertiary alicyclic amines) is 1. The van der Waals surface area contributed by atoms with Crippen LogP contribution in [0, 0.1) is 28.5 Å². The lowest BCUT2D eigenvalue weighted by Gasteiger charge is -2.38. The summed E-state index contributed by atoms with van der Waals surface area (Å²) in [5, 5.41) is 6.60. The number of fused-ring (bicyclic) bond motifs is 2. The molecule has 0 unspecified atom stereocenters. The van der Waals surface area contributed by atoms with Crippen LogP contribution in [-0.4, -0.2) is 71.4 Å². The summed E-state index contributed by atoms with van der Waals surface area (Å²) in [6.07, 6.45) is -6.98. The van der Waals surface area contributed by atoms with Gasteiger partial charge in [-0.1, -0.05) is 40.7 Å². The second-order valence-electron chi connectivity index (χ2n) is 12.6. The van der Waals surface area contributed by atoms with E-state index in [0.717, 1.165) is 11.0 Å². The zero-order valence-electron chi connectivity index (χ0n) is 23.6. The molecule has 11 nitrogen and oxygen atoms in total. The van der Waals surface area contributed by atoms with Gasteiger partial charge in [-0.25, -0.2) is 4.39 Å². The number of carbonyl (C=O) groups is 5. The van der Waals surface area contributed by atoms with E-state index in [1.54, 1.807) is 5.32 Å². The average molecular weight is 600 g/mol. The van der Waals surface area contributed by atoms with E-state index < -0.39 is 88.9 Å². The van der Waals surface area contributed by atoms with E-state index in [4.69, 9.17) is 10.5 Å². The summed E-state index contributed by atoms with van der Waals surface area (Å²) in [6.45, 7) is 8.22. The van der Waals surface area contributed by atoms with E-state index in [1.165, 1.54) is 32.9 Å². The quantitative estimate of drug-likeness (QED) is 0.347. The van der Waals surface area contributed by atoms with Crippen LogP contribution in [0.3, 0.4) is 0 Å². The first-order valence-corrected chi connectivity index (χ1v) is 13.3. The van der Waals surface area contributed by atoms with Crippen LogP contribution in [0.4, 0.5) is 23.2 Å². The molecular weight excluding hydrogens is 566 g/mol. The number of primary amides is 1. The third-order valence-electron chi connectivity index (χ3n) is 8.30. The summed E-state index contributed by atoms with van der Waals surface area (Å²) in [5.74, 6) is -7.04. The standard InChI is InChI=1S/C27H33F4N5O6/c1-25(2,3)19(35-24(41)27(29,30)31)23(40)36-10-11-16(26(11,4)5)18(36)22(39)33-13(20(32)37)9-15-21(38)34-17-12(28)7-6-8-14(17)42-15/h6-8,11,13,15-16,18-19H,9-10H2,1-5H3,(H2,32,37)(H,33,39)(H,34,38)(H,35,41)/t11-,13-,15-,16-,18-,19+/m0/s1. The highest BCUT2D eigenvalue weighted by Gasteiger charge is 2.70. The summed E-state index contributed by atoms with van der Waals surface area (Å²) in [5.41, 5.74) is 3.80. The molecule has 4 rings (SSSR count). The molecule has 1 saturated carbocycles. The molecule has 0 aromatic heterocycles. The van der Waals surface area contributed by atoms with Crippen LogP contribution in [0.15, 0.2) is 18.2 Å². The third kappa shape index (κ3) is 5.73. The predicted molar refractivity (Wildman–Crippen MR) is 139 cm³/mol. The molecule has 42 heavy (non-hydrogen) atoms. The molecule has 6 atom stereocenters. The molecule has 1 aromatic carbocycles. The van der Waals surface area contributed by atoms with Gasteiger partial charge in [0.2, 0.25) is 17.7 Å². The van der Waals surface area contributed by atoms with Gasteiger partial charge in [-0.05, 0) is 34.8 Å². The van der Waals surface area contributed by atoms with E-state index in [2.05, 4.69) is 10.6 Å². The molecule has 1 saturated heterocycles. The zero-order chi connectivity index (χ0) is 31.5. The van der Waals surface area contributed by atoms with Crippen LogP contribution in [-0.2, 0) is 24.0 Å². The van der Waals surface area contributed by atoms with Crippen molar-refractivity contribution in [2.75, 3.05) is 11.9 Å². The van der Waals surface area contributed by atoms with Crippen molar-refractivity contribution in [3.63, 3.8) is 0 Å². The van der Waals surface area contributed by atoms with Gasteiger partial charge in [0.25, 0.3) is 5.91 Å². The Bertz CT molecular complexity index is 1330. The van der Waals surface area contributed by atoms with Crippen molar-refractivity contribution in [3.8, 4) is 5.75 Å². The summed E-state index contributed by atoms with van der Waals surface area (Å²) >= 11 is 0. The largest absolute Gasteiger partial charge is 0.478 e. The fourth-order valence-electron chi connectivity index (χ4n) is 5.85. The van der Waals surface area contributed by atoms with Gasteiger partial charge in [0.1, 0.15) is 29.6 Å². The Morgan fingerprint density at radius 1 is 1.17 bits per heavy atom. The molecule has 5 amide bonds. The number of alkyl halides is 3. The molecule has 2 fully saturated rings. The van der Waals surface area contributed by atoms with Crippen molar-refractivity contribution in [2.45, 2.75) is 71.4 Å². The number of nitrogens with two attached hydrogens (primary N) is 1. The molecule has 1 aliphatic carbocycles. The number of hydrogen-bond donors (Lipinski definition) is 4. The molecular formula is C27H33F4N5O6. The number of amides is 5. The number of rotatable bonds is 7. The number of carbonyl (C=O) groups excluding carboxylic acids is 5. The van der Waals surface area contributed by atoms with Crippen molar-refractivity contribution in [1.82, 2.24) is 15.5 Å². The maximum atomic E-state index is 14.0. The van der Waals surface area contributed by atoms with Crippen molar-refractivity contribution in [3.05, 3.63) is 24.0 Å². The summed E-state index contributed by atoms with van der Waals surface area (Å²) < 4.78 is 58.8. The lowest BCUT2D eigenvalue weighted by molar-refractivity contribution is -0.176. The number of nitrogens with zero attached hydrogens (tertiary/aromatic N) is 1. The van der Waals surface area contributed by atoms with Crippen molar-refractivity contribution < 1.29 is 46.3 Å². The van der Waals surface area contributed by atoms with Crippen molar-refractivity contribution >= 4 is 35.2 Å². The molecule has 0 radical (unpaired) electrons. The van der Waals surface area contributed by atoms with E-state index in [0.29, 0.717) is 0 Å². The van der Waals surface area contributed by atoms with Crippen LogP contribution in [0.1, 0.15) is 41.0 Å². The topological polar surface area (TPSA) is 160 Å². The second-order valence-corrected chi connectivity index (χ2v) is 12.6. The monoisotopic (exact) mass is 599 g/mol. The molecule has 230 valence electrons. The highest BCUT2D eigenvalue weighted by atomic mass is 19.4. The Morgan fingerprint density at radius 3 is 2.38 bits per heavy atom. The molecule has 2 heterocycles. The second kappa shape index (κ2) is 10.4. The minimum absolute atomic E-state index is 0.0124. The van der Waals surface area contributed by atoms with Crippen molar-refractivity contribution in [2.24, 2.45) is 28.4 Å². The van der Waals surface area contributed by atoms with Crippen LogP contribution in [0.5, 0.6) is 5.75 Å². The predicted octanol–water partition coefficient (Wildman–Crippen LogP) is 1.46. The molecule has 0 bridgehead atoms. The molecule has 1 aromatic rings. The third-order valence-corrected chi connectivity index (χ3v) is 8.30. The number of benzene rings is 1. The van der Waals surface area contributed by atoms with Gasteiger partial charge >= 0.3 is 12.1 Å². The fourth-order valence-corrected chi connectivity index (χ4v) is 5.85. The number of halogens is 4. The van der Waals surface area contributed by atoms with Gasteiger partial charge in [0, 0.05) is 13.0 Å². The highest BCUT2D eigenvalue weighted by Crippen LogP contribution is 2.65. The van der Waals surface area contributed by atoms with Crippen LogP contribution >= 0.6 is 0 Å². The first kappa shape index (κ1) is 31.0. The first-order chi connectivity index (χ1) is 19.2. The normalized spacial score (nSPS) is 25.6. The highest BCUT2D eigenvalue weighted by molar-refractivity contribution is 5.99. The Kier molecular flexibility index (Phi) is 7.70. The van der Waals surface area contributed by atoms with E-state index >= 15 is 0 Å². The number of para-hydroxylation sites is 1. The van der Waals surface area contributed by atoms with Crippen LogP contribution in [0.2, 0.25) is 0 Å². The number of ether oxygens (including phenoxy) is 1. The van der Waals surface area contributed by atoms with Gasteiger partial charge in [0.05, 0.1) is 0 Å². The van der Waals surface area contributed by atoms with Gasteiger partial charge < -0.3 is 31.3 Å². The summed E-state index contributed by atoms with van der Waals surface area (Å²) in [4.78, 5) is 65.1. The Hall–Kier alpha value is -3.91. The minimum Gasteiger partial charge on any atom is -0.478 e. The van der Waals surface area contributed by atoms with Crippen LogP contribution in [0.25, 0.3) is 0 Å². The van der Waals surface area contributed by atoms with E-state index in [-0.39, 0.29) is 23.9 Å². The van der Waals surface area contributed by atoms with Crippen molar-refractivity contribution in [1.29, 1.82) is 0 Å². The summed E-state index contributed by atoms with van der Waals surface area (Å²) in [6, 6.07) is -0.377. The first-order valence-electron chi connectivity index (χ1n) is 13.3. The van der Waals surface area contributed by atoms with Crippen LogP contribution < -0.4 is 26.4 Å². The Balaban J connectivity index is 1.55. The van der Waals surface area contributed by atoms with E-state index in [1.807, 2.05) is 13.8 Å². The summed E-state index contributed by atoms with van der Waals surface area (Å²) in [7, 11) is 0. The number of hydrogen-bond acceptors (Lipinski definition) is 6. The van der Waals surface area contributed by atoms with Gasteiger partial charge in [-0.2, -0.15) is 13.2 Å². The maximum Gasteiger partial charge on any atom is 0.471 e. The van der Waals surface area contributed by atoms with Gasteiger partial charge in [-0.15, -0.1) is 0 Å². The number of nitrogens with one attached hydrogen (secondary N) is 3. The SMILES string of the molecule is CC(C)(C)[C@H](NC(=O)C(F)(F)F)C(=O)N1C[C@H]2[C@@H]([C@H]1C(=O)N[C@@H](C[C@@H]1Oc3cccc(F)c3NC1=O)C(N)=O)C2(C)C. The van der Waals surface area contributed by atoms with Gasteiger partial charge in [-0.3, -0.25) is 24.0 Å². The van der Waals surface area contributed by atoms with E-state index in [9.17, 15) is 41.5 Å². The lowest BCUT2D eigenvalue weighted by Crippen LogP contribution is -2.61. The van der Waals surface area contributed by atoms with Gasteiger partial charge in [0.15, 0.2) is 11.9 Å². The zero-order valence-corrected chi connectivity index (χ0v) is 23.6. The fraction of sp³-hybridized carbons (Fsp3) is 0.593. The smallest absolute Gasteiger partial charge is 0.471 e. The maximum absolute atomic E-state index is 14.0. The molecule has 15 heteroatoms. The molecule has 3 aliphatic rings. The number of anilines is 1. The average Bonchev–Trinajstić information content (AvgIpc) is 3.19. The minimum atomic E-state index is -5.23. The Morgan fingerprint density at radius 2 is 1.81 bits per heavy atom. The molecule has 2 aliphatic heterocycles. The number of piperidine rings is 1.